The lowest BCUT2D eigenvalue weighted by atomic mass is 9.76. The zero-order chi connectivity index (χ0) is 15.1. The van der Waals surface area contributed by atoms with Crippen molar-refractivity contribution in [2.45, 2.75) is 71.4 Å². The summed E-state index contributed by atoms with van der Waals surface area (Å²) in [6.07, 6.45) is 0.534. The largest absolute Gasteiger partial charge is 0.349 e. The Labute approximate surface area is 120 Å². The molecule has 0 aromatic carbocycles. The average molecular weight is 284 g/mol. The van der Waals surface area contributed by atoms with Crippen LogP contribution < -0.4 is 5.73 Å². The minimum atomic E-state index is -2.54. The number of alkyl halides is 2. The molecular formula is C16H26F2N2. The molecule has 0 radical (unpaired) electrons. The van der Waals surface area contributed by atoms with Crippen molar-refractivity contribution in [2.75, 3.05) is 0 Å². The molecule has 1 fully saturated rings. The molecule has 0 saturated heterocycles. The summed E-state index contributed by atoms with van der Waals surface area (Å²) in [4.78, 5) is 0. The Hall–Kier alpha value is -0.900. The van der Waals surface area contributed by atoms with Gasteiger partial charge >= 0.3 is 0 Å². The molecule has 4 heteroatoms. The van der Waals surface area contributed by atoms with E-state index in [1.165, 1.54) is 5.69 Å². The monoisotopic (exact) mass is 284 g/mol. The second-order valence-corrected chi connectivity index (χ2v) is 6.80. The van der Waals surface area contributed by atoms with Gasteiger partial charge < -0.3 is 10.3 Å². The highest BCUT2D eigenvalue weighted by atomic mass is 19.3. The highest BCUT2D eigenvalue weighted by molar-refractivity contribution is 5.34. The summed E-state index contributed by atoms with van der Waals surface area (Å²) in [7, 11) is 0. The molecule has 20 heavy (non-hydrogen) atoms. The van der Waals surface area contributed by atoms with Gasteiger partial charge in [0.15, 0.2) is 0 Å². The van der Waals surface area contributed by atoms with E-state index in [2.05, 4.69) is 38.3 Å². The minimum Gasteiger partial charge on any atom is -0.349 e. The quantitative estimate of drug-likeness (QED) is 0.889. The average Bonchev–Trinajstić information content (AvgIpc) is 2.62. The van der Waals surface area contributed by atoms with E-state index in [4.69, 9.17) is 5.73 Å². The van der Waals surface area contributed by atoms with Crippen molar-refractivity contribution >= 4 is 0 Å². The van der Waals surface area contributed by atoms with E-state index in [9.17, 15) is 8.78 Å². The van der Waals surface area contributed by atoms with Crippen LogP contribution in [0.4, 0.5) is 8.78 Å². The van der Waals surface area contributed by atoms with E-state index in [1.54, 1.807) is 0 Å². The Morgan fingerprint density at radius 2 is 1.75 bits per heavy atom. The molecule has 1 aromatic heterocycles. The number of hydrogen-bond donors (Lipinski definition) is 1. The predicted molar refractivity (Wildman–Crippen MR) is 78.0 cm³/mol. The van der Waals surface area contributed by atoms with Gasteiger partial charge in [-0.15, -0.1) is 0 Å². The third-order valence-electron chi connectivity index (χ3n) is 4.53. The van der Waals surface area contributed by atoms with Gasteiger partial charge in [0, 0.05) is 36.3 Å². The lowest BCUT2D eigenvalue weighted by Crippen LogP contribution is -2.43. The van der Waals surface area contributed by atoms with Crippen LogP contribution in [-0.4, -0.2) is 10.5 Å². The van der Waals surface area contributed by atoms with Gasteiger partial charge in [0.2, 0.25) is 5.92 Å². The van der Waals surface area contributed by atoms with Gasteiger partial charge in [-0.05, 0) is 44.2 Å². The van der Waals surface area contributed by atoms with Gasteiger partial charge in [0.25, 0.3) is 0 Å². The fourth-order valence-electron chi connectivity index (χ4n) is 3.28. The zero-order valence-corrected chi connectivity index (χ0v) is 13.0. The van der Waals surface area contributed by atoms with E-state index < -0.39 is 11.5 Å². The summed E-state index contributed by atoms with van der Waals surface area (Å²) < 4.78 is 29.0. The normalized spacial score (nSPS) is 21.4. The molecule has 0 atom stereocenters. The maximum atomic E-state index is 13.4. The Balaban J connectivity index is 2.29. The number of nitrogens with two attached hydrogens (primary N) is 1. The number of nitrogens with zero attached hydrogens (tertiary/aromatic N) is 1. The molecule has 0 aliphatic heterocycles. The van der Waals surface area contributed by atoms with Crippen LogP contribution in [0.25, 0.3) is 0 Å². The van der Waals surface area contributed by atoms with Crippen molar-refractivity contribution in [3.8, 4) is 0 Å². The smallest absolute Gasteiger partial charge is 0.248 e. The van der Waals surface area contributed by atoms with Gasteiger partial charge in [-0.1, -0.05) is 13.8 Å². The molecule has 0 amide bonds. The third kappa shape index (κ3) is 2.90. The van der Waals surface area contributed by atoms with Crippen LogP contribution in [0.15, 0.2) is 6.07 Å². The van der Waals surface area contributed by atoms with Crippen LogP contribution in [0.3, 0.4) is 0 Å². The van der Waals surface area contributed by atoms with E-state index in [0.717, 1.165) is 17.8 Å². The molecule has 2 N–H and O–H groups in total. The van der Waals surface area contributed by atoms with Gasteiger partial charge in [0.05, 0.1) is 0 Å². The number of aryl methyl sites for hydroxylation is 1. The summed E-state index contributed by atoms with van der Waals surface area (Å²) >= 11 is 0. The molecule has 1 aliphatic rings. The van der Waals surface area contributed by atoms with Gasteiger partial charge in [0.1, 0.15) is 0 Å². The number of hydrogen-bond acceptors (Lipinski definition) is 1. The van der Waals surface area contributed by atoms with Crippen LogP contribution >= 0.6 is 0 Å². The molecule has 114 valence electrons. The van der Waals surface area contributed by atoms with Crippen molar-refractivity contribution in [2.24, 2.45) is 11.7 Å². The Morgan fingerprint density at radius 1 is 1.20 bits per heavy atom. The van der Waals surface area contributed by atoms with Crippen molar-refractivity contribution in [3.63, 3.8) is 0 Å². The topological polar surface area (TPSA) is 30.9 Å². The lowest BCUT2D eigenvalue weighted by Gasteiger charge is -2.37. The molecule has 0 spiro atoms. The highest BCUT2D eigenvalue weighted by Gasteiger charge is 2.43. The van der Waals surface area contributed by atoms with Crippen LogP contribution in [0.1, 0.15) is 56.5 Å². The van der Waals surface area contributed by atoms with Gasteiger partial charge in [-0.3, -0.25) is 0 Å². The van der Waals surface area contributed by atoms with Crippen molar-refractivity contribution in [1.29, 1.82) is 0 Å². The zero-order valence-electron chi connectivity index (χ0n) is 13.0. The second-order valence-electron chi connectivity index (χ2n) is 6.80. The fraction of sp³-hybridized carbons (Fsp3) is 0.750. The Bertz CT molecular complexity index is 479. The van der Waals surface area contributed by atoms with E-state index in [-0.39, 0.29) is 12.8 Å². The van der Waals surface area contributed by atoms with Crippen LogP contribution in [0, 0.1) is 19.8 Å². The first-order valence-corrected chi connectivity index (χ1v) is 7.48. The van der Waals surface area contributed by atoms with Gasteiger partial charge in [-0.2, -0.15) is 0 Å². The lowest BCUT2D eigenvalue weighted by molar-refractivity contribution is -0.0514. The summed E-state index contributed by atoms with van der Waals surface area (Å²) in [5.74, 6) is -1.98. The maximum Gasteiger partial charge on any atom is 0.248 e. The molecule has 0 bridgehead atoms. The Morgan fingerprint density at radius 3 is 2.25 bits per heavy atom. The van der Waals surface area contributed by atoms with Crippen LogP contribution in [0.2, 0.25) is 0 Å². The van der Waals surface area contributed by atoms with Crippen molar-refractivity contribution < 1.29 is 8.78 Å². The summed E-state index contributed by atoms with van der Waals surface area (Å²) in [5.41, 5.74) is 9.26. The molecule has 2 nitrogen and oxygen atoms in total. The molecule has 2 rings (SSSR count). The first-order chi connectivity index (χ1) is 9.15. The van der Waals surface area contributed by atoms with E-state index in [0.29, 0.717) is 18.8 Å². The van der Waals surface area contributed by atoms with E-state index >= 15 is 0 Å². The first-order valence-electron chi connectivity index (χ1n) is 7.48. The number of rotatable bonds is 3. The van der Waals surface area contributed by atoms with Crippen LogP contribution in [0.5, 0.6) is 0 Å². The van der Waals surface area contributed by atoms with Gasteiger partial charge in [-0.25, -0.2) is 8.78 Å². The summed E-state index contributed by atoms with van der Waals surface area (Å²) in [6.45, 7) is 9.44. The maximum absolute atomic E-state index is 13.4. The molecular weight excluding hydrogens is 258 g/mol. The molecule has 1 aliphatic carbocycles. The predicted octanol–water partition coefficient (Wildman–Crippen LogP) is 4.12. The van der Waals surface area contributed by atoms with Crippen LogP contribution in [-0.2, 0) is 12.1 Å². The molecule has 1 heterocycles. The molecule has 1 saturated carbocycles. The molecule has 1 aromatic rings. The molecule has 0 unspecified atom stereocenters. The van der Waals surface area contributed by atoms with Crippen molar-refractivity contribution in [1.82, 2.24) is 4.57 Å². The Kier molecular flexibility index (Phi) is 3.98. The third-order valence-corrected chi connectivity index (χ3v) is 4.53. The number of aromatic nitrogens is 1. The summed E-state index contributed by atoms with van der Waals surface area (Å²) in [6, 6.07) is 2.10. The first kappa shape index (κ1) is 15.5. The summed E-state index contributed by atoms with van der Waals surface area (Å²) in [5, 5.41) is 0. The SMILES string of the molecule is Cc1cc(C2(N)CCC(F)(F)CC2)c(C)n1CC(C)C. The second kappa shape index (κ2) is 5.14. The highest BCUT2D eigenvalue weighted by Crippen LogP contribution is 2.43. The standard InChI is InChI=1S/C16H26F2N2/c1-11(2)10-20-12(3)9-14(13(20)4)15(19)5-7-16(17,18)8-6-15/h9,11H,5-8,10,19H2,1-4H3. The van der Waals surface area contributed by atoms with Crippen molar-refractivity contribution in [3.05, 3.63) is 23.0 Å². The van der Waals surface area contributed by atoms with E-state index in [1.807, 2.05) is 0 Å². The number of halogens is 2. The fourth-order valence-corrected chi connectivity index (χ4v) is 3.28. The minimum absolute atomic E-state index is 0.0999.